The minimum atomic E-state index is -1.90. The predicted molar refractivity (Wildman–Crippen MR) is 304 cm³/mol. The van der Waals surface area contributed by atoms with Crippen LogP contribution >= 0.6 is 0 Å². The summed E-state index contributed by atoms with van der Waals surface area (Å²) < 4.78 is 28.5. The van der Waals surface area contributed by atoms with Gasteiger partial charge in [-0.1, -0.05) is 264 Å². The molecule has 1 saturated heterocycles. The molecule has 0 radical (unpaired) electrons. The van der Waals surface area contributed by atoms with E-state index in [4.69, 9.17) is 23.7 Å². The molecule has 0 aromatic carbocycles. The fourth-order valence-electron chi connectivity index (χ4n) is 9.95. The lowest BCUT2D eigenvalue weighted by molar-refractivity contribution is -0.301. The molecule has 0 amide bonds. The van der Waals surface area contributed by atoms with E-state index in [-0.39, 0.29) is 25.9 Å². The minimum Gasteiger partial charge on any atom is -0.479 e. The quantitative estimate of drug-likeness (QED) is 0.0228. The van der Waals surface area contributed by atoms with Gasteiger partial charge in [0.15, 0.2) is 24.6 Å². The highest BCUT2D eigenvalue weighted by Crippen LogP contribution is 2.27. The van der Waals surface area contributed by atoms with Crippen molar-refractivity contribution < 1.29 is 58.2 Å². The topological polar surface area (TPSA) is 175 Å². The van der Waals surface area contributed by atoms with Crippen LogP contribution in [0.25, 0.3) is 0 Å². The van der Waals surface area contributed by atoms with Crippen molar-refractivity contribution in [2.75, 3.05) is 13.2 Å². The van der Waals surface area contributed by atoms with Gasteiger partial charge in [0.2, 0.25) is 0 Å². The van der Waals surface area contributed by atoms with Gasteiger partial charge in [-0.25, -0.2) is 4.79 Å². The molecule has 1 aliphatic rings. The molecule has 1 heterocycles. The standard InChI is InChI=1S/C63H116O12/c1-4-7-10-13-16-19-21-23-25-27-28-30-31-33-35-38-40-43-46-49-55(64)71-52-54(73-56(65)50-47-44-41-37-18-15-12-9-6-3)53-72-63-61(59(68)58(67)60(75-63)62(69)70)74-57(66)51-48-45-42-39-36-34-32-29-26-24-22-20-17-14-11-8-5-2/h24,26,54,58-61,63,67-68H,4-23,25,27-53H2,1-3H3,(H,69,70)/b26-24-. The maximum atomic E-state index is 13.1. The van der Waals surface area contributed by atoms with Crippen LogP contribution in [0.5, 0.6) is 0 Å². The molecule has 12 heteroatoms. The first-order valence-electron chi connectivity index (χ1n) is 31.7. The number of carboxylic acid groups (broad SMARTS) is 1. The Morgan fingerprint density at radius 2 is 0.760 bits per heavy atom. The normalized spacial score (nSPS) is 18.1. The van der Waals surface area contributed by atoms with Crippen molar-refractivity contribution in [3.8, 4) is 0 Å². The van der Waals surface area contributed by atoms with Gasteiger partial charge in [-0.2, -0.15) is 0 Å². The van der Waals surface area contributed by atoms with Crippen molar-refractivity contribution in [2.45, 2.75) is 353 Å². The van der Waals surface area contributed by atoms with E-state index in [1.807, 2.05) is 0 Å². The number of hydrogen-bond acceptors (Lipinski definition) is 11. The summed E-state index contributed by atoms with van der Waals surface area (Å²) in [6.45, 7) is 6.01. The van der Waals surface area contributed by atoms with E-state index >= 15 is 0 Å². The first kappa shape index (κ1) is 70.5. The molecule has 440 valence electrons. The third kappa shape index (κ3) is 42.1. The summed E-state index contributed by atoms with van der Waals surface area (Å²) in [6, 6.07) is 0. The number of allylic oxidation sites excluding steroid dienone is 2. The number of ether oxygens (including phenoxy) is 5. The molecular weight excluding hydrogens is 949 g/mol. The predicted octanol–water partition coefficient (Wildman–Crippen LogP) is 16.5. The lowest BCUT2D eigenvalue weighted by atomic mass is 9.98. The summed E-state index contributed by atoms with van der Waals surface area (Å²) in [5.41, 5.74) is 0. The Kier molecular flexibility index (Phi) is 49.0. The number of hydrogen-bond donors (Lipinski definition) is 3. The minimum absolute atomic E-state index is 0.0619. The van der Waals surface area contributed by atoms with E-state index in [1.165, 1.54) is 186 Å². The average Bonchev–Trinajstić information content (AvgIpc) is 3.39. The third-order valence-corrected chi connectivity index (χ3v) is 14.8. The Balaban J connectivity index is 2.58. The fraction of sp³-hybridized carbons (Fsp3) is 0.905. The van der Waals surface area contributed by atoms with E-state index in [0.717, 1.165) is 70.6 Å². The Morgan fingerprint density at radius 1 is 0.427 bits per heavy atom. The van der Waals surface area contributed by atoms with Gasteiger partial charge >= 0.3 is 23.9 Å². The highest BCUT2D eigenvalue weighted by molar-refractivity contribution is 5.74. The molecule has 0 spiro atoms. The molecule has 0 aliphatic carbocycles. The zero-order valence-corrected chi connectivity index (χ0v) is 48.6. The second kappa shape index (κ2) is 52.2. The highest BCUT2D eigenvalue weighted by atomic mass is 16.7. The van der Waals surface area contributed by atoms with E-state index in [0.29, 0.717) is 19.3 Å². The number of esters is 3. The lowest BCUT2D eigenvalue weighted by Gasteiger charge is -2.40. The Labute approximate surface area is 458 Å². The Hall–Kier alpha value is -2.54. The molecule has 0 saturated carbocycles. The van der Waals surface area contributed by atoms with Gasteiger partial charge < -0.3 is 39.0 Å². The molecule has 0 aromatic heterocycles. The fourth-order valence-corrected chi connectivity index (χ4v) is 9.95. The molecule has 6 unspecified atom stereocenters. The molecular formula is C63H116O12. The molecule has 1 fully saturated rings. The molecule has 1 aliphatic heterocycles. The number of carbonyl (C=O) groups excluding carboxylic acids is 3. The first-order chi connectivity index (χ1) is 36.6. The number of aliphatic hydroxyl groups excluding tert-OH is 2. The first-order valence-corrected chi connectivity index (χ1v) is 31.7. The number of rotatable bonds is 55. The van der Waals surface area contributed by atoms with Crippen LogP contribution in [0.4, 0.5) is 0 Å². The van der Waals surface area contributed by atoms with Crippen LogP contribution in [0, 0.1) is 0 Å². The molecule has 3 N–H and O–H groups in total. The van der Waals surface area contributed by atoms with Crippen molar-refractivity contribution in [2.24, 2.45) is 0 Å². The maximum absolute atomic E-state index is 13.1. The second-order valence-electron chi connectivity index (χ2n) is 22.1. The molecule has 6 atom stereocenters. The maximum Gasteiger partial charge on any atom is 0.335 e. The average molecular weight is 1070 g/mol. The molecule has 0 bridgehead atoms. The van der Waals surface area contributed by atoms with Crippen molar-refractivity contribution in [1.29, 1.82) is 0 Å². The van der Waals surface area contributed by atoms with Crippen LogP contribution in [0.3, 0.4) is 0 Å². The highest BCUT2D eigenvalue weighted by Gasteiger charge is 2.50. The van der Waals surface area contributed by atoms with E-state index < -0.39 is 67.3 Å². The van der Waals surface area contributed by atoms with Crippen LogP contribution in [0.15, 0.2) is 12.2 Å². The van der Waals surface area contributed by atoms with Gasteiger partial charge in [-0.05, 0) is 44.9 Å². The summed E-state index contributed by atoms with van der Waals surface area (Å²) in [5, 5.41) is 31.5. The largest absolute Gasteiger partial charge is 0.479 e. The van der Waals surface area contributed by atoms with Gasteiger partial charge in [0.05, 0.1) is 6.61 Å². The monoisotopic (exact) mass is 1060 g/mol. The van der Waals surface area contributed by atoms with Crippen LogP contribution in [-0.4, -0.2) is 89.2 Å². The summed E-state index contributed by atoms with van der Waals surface area (Å²) in [6.07, 6.45) is 46.2. The van der Waals surface area contributed by atoms with Crippen LogP contribution in [-0.2, 0) is 42.9 Å². The van der Waals surface area contributed by atoms with Crippen molar-refractivity contribution in [1.82, 2.24) is 0 Å². The molecule has 12 nitrogen and oxygen atoms in total. The van der Waals surface area contributed by atoms with Crippen LogP contribution in [0.2, 0.25) is 0 Å². The zero-order valence-electron chi connectivity index (χ0n) is 48.6. The number of carboxylic acids is 1. The summed E-state index contributed by atoms with van der Waals surface area (Å²) >= 11 is 0. The van der Waals surface area contributed by atoms with Crippen molar-refractivity contribution >= 4 is 23.9 Å². The van der Waals surface area contributed by atoms with Gasteiger partial charge in [0.25, 0.3) is 0 Å². The summed E-state index contributed by atoms with van der Waals surface area (Å²) in [4.78, 5) is 51.1. The second-order valence-corrected chi connectivity index (χ2v) is 22.1. The summed E-state index contributed by atoms with van der Waals surface area (Å²) in [7, 11) is 0. The number of aliphatic hydroxyl groups is 2. The molecule has 75 heavy (non-hydrogen) atoms. The van der Waals surface area contributed by atoms with E-state index in [1.54, 1.807) is 0 Å². The lowest BCUT2D eigenvalue weighted by Crippen LogP contribution is -2.61. The number of unbranched alkanes of at least 4 members (excludes halogenated alkanes) is 39. The molecule has 1 rings (SSSR count). The Bertz CT molecular complexity index is 1360. The summed E-state index contributed by atoms with van der Waals surface area (Å²) in [5.74, 6) is -3.08. The zero-order chi connectivity index (χ0) is 54.7. The van der Waals surface area contributed by atoms with Gasteiger partial charge in [-0.3, -0.25) is 14.4 Å². The van der Waals surface area contributed by atoms with Crippen molar-refractivity contribution in [3.05, 3.63) is 12.2 Å². The van der Waals surface area contributed by atoms with Crippen LogP contribution < -0.4 is 0 Å². The SMILES string of the molecule is CCCCCCCC/C=C\CCCCCCCCCC(=O)OC1C(OCC(COC(=O)CCCCCCCCCCCCCCCCCCCCC)OC(=O)CCCCCCCCCCC)OC(C(=O)O)C(O)C1O. The molecule has 0 aromatic rings. The number of aliphatic carboxylic acids is 1. The Morgan fingerprint density at radius 3 is 1.13 bits per heavy atom. The number of carbonyl (C=O) groups is 4. The smallest absolute Gasteiger partial charge is 0.335 e. The van der Waals surface area contributed by atoms with Gasteiger partial charge in [-0.15, -0.1) is 0 Å². The van der Waals surface area contributed by atoms with Crippen molar-refractivity contribution in [3.63, 3.8) is 0 Å². The van der Waals surface area contributed by atoms with Gasteiger partial charge in [0.1, 0.15) is 18.8 Å². The van der Waals surface area contributed by atoms with E-state index in [2.05, 4.69) is 32.9 Å². The van der Waals surface area contributed by atoms with Crippen LogP contribution in [0.1, 0.15) is 316 Å². The van der Waals surface area contributed by atoms with E-state index in [9.17, 15) is 34.5 Å². The third-order valence-electron chi connectivity index (χ3n) is 14.8. The van der Waals surface area contributed by atoms with Gasteiger partial charge in [0, 0.05) is 19.3 Å².